The molecule has 0 spiro atoms. The second-order valence-corrected chi connectivity index (χ2v) is 11.8. The lowest BCUT2D eigenvalue weighted by molar-refractivity contribution is 0.0911. The molecule has 2 N–H and O–H groups in total. The molecule has 0 saturated carbocycles. The number of carbonyl (C=O) groups excluding carboxylic acids is 2. The zero-order chi connectivity index (χ0) is 32.4. The average Bonchev–Trinajstić information content (AvgIpc) is 2.90. The van der Waals surface area contributed by atoms with Crippen LogP contribution in [0.2, 0.25) is 0 Å². The molecule has 0 aliphatic heterocycles. The van der Waals surface area contributed by atoms with Crippen LogP contribution in [0, 0.1) is 27.7 Å². The number of aryl methyl sites for hydroxylation is 2. The van der Waals surface area contributed by atoms with Gasteiger partial charge >= 0.3 is 0 Å². The standard InChI is InChI=1S/2C16H20N2O.2C2H6/c2*1-10-11(2)17-13-9-7-6-8-12(13)14(10)15(19)18-16(3,4)5;2*1-2/h2*6-9H,1-5H3,(H,18,19);2*1-2H3. The molecule has 2 aromatic heterocycles. The Morgan fingerprint density at radius 2 is 0.833 bits per heavy atom. The Balaban J connectivity index is 0.000000376. The van der Waals surface area contributed by atoms with Crippen molar-refractivity contribution < 1.29 is 9.59 Å². The summed E-state index contributed by atoms with van der Waals surface area (Å²) in [6.45, 7) is 27.7. The average molecular weight is 573 g/mol. The molecule has 0 fully saturated rings. The Morgan fingerprint density at radius 1 is 0.548 bits per heavy atom. The third-order valence-electron chi connectivity index (χ3n) is 6.19. The first-order valence-corrected chi connectivity index (χ1v) is 15.0. The Labute approximate surface area is 253 Å². The van der Waals surface area contributed by atoms with Gasteiger partial charge in [-0.25, -0.2) is 0 Å². The van der Waals surface area contributed by atoms with Gasteiger partial charge in [0.05, 0.1) is 22.2 Å². The summed E-state index contributed by atoms with van der Waals surface area (Å²) < 4.78 is 0. The van der Waals surface area contributed by atoms with Crippen molar-refractivity contribution in [2.45, 2.75) is 108 Å². The van der Waals surface area contributed by atoms with Gasteiger partial charge in [0.2, 0.25) is 0 Å². The van der Waals surface area contributed by atoms with E-state index in [1.165, 1.54) is 0 Å². The van der Waals surface area contributed by atoms with E-state index in [2.05, 4.69) is 20.6 Å². The lowest BCUT2D eigenvalue weighted by Crippen LogP contribution is -2.41. The van der Waals surface area contributed by atoms with Gasteiger partial charge in [-0.15, -0.1) is 0 Å². The summed E-state index contributed by atoms with van der Waals surface area (Å²) in [6, 6.07) is 15.5. The Morgan fingerprint density at radius 3 is 1.12 bits per heavy atom. The number of amides is 2. The molecule has 228 valence electrons. The first-order chi connectivity index (χ1) is 19.6. The maximum atomic E-state index is 12.5. The predicted molar refractivity (Wildman–Crippen MR) is 180 cm³/mol. The number of para-hydroxylation sites is 2. The number of rotatable bonds is 2. The van der Waals surface area contributed by atoms with Gasteiger partial charge in [0.1, 0.15) is 0 Å². The van der Waals surface area contributed by atoms with E-state index in [4.69, 9.17) is 0 Å². The lowest BCUT2D eigenvalue weighted by Gasteiger charge is -2.22. The van der Waals surface area contributed by atoms with E-state index in [0.29, 0.717) is 0 Å². The highest BCUT2D eigenvalue weighted by Crippen LogP contribution is 2.24. The number of hydrogen-bond donors (Lipinski definition) is 2. The summed E-state index contributed by atoms with van der Waals surface area (Å²) in [5, 5.41) is 7.88. The third-order valence-corrected chi connectivity index (χ3v) is 6.19. The van der Waals surface area contributed by atoms with Crippen molar-refractivity contribution in [2.75, 3.05) is 0 Å². The van der Waals surface area contributed by atoms with Crippen LogP contribution in [0.3, 0.4) is 0 Å². The van der Waals surface area contributed by atoms with Crippen LogP contribution in [0.1, 0.15) is 112 Å². The van der Waals surface area contributed by atoms with Gasteiger partial charge in [0, 0.05) is 33.2 Å². The Hall–Kier alpha value is -3.80. The number of benzene rings is 2. The molecule has 0 bridgehead atoms. The predicted octanol–water partition coefficient (Wildman–Crippen LogP) is 8.81. The van der Waals surface area contributed by atoms with Gasteiger partial charge < -0.3 is 10.6 Å². The van der Waals surface area contributed by atoms with Gasteiger partial charge in [0.15, 0.2) is 0 Å². The molecule has 0 aliphatic rings. The zero-order valence-electron chi connectivity index (χ0n) is 28.3. The zero-order valence-corrected chi connectivity index (χ0v) is 28.3. The van der Waals surface area contributed by atoms with Crippen molar-refractivity contribution in [3.05, 3.63) is 82.2 Å². The van der Waals surface area contributed by atoms with Crippen LogP contribution in [-0.4, -0.2) is 32.9 Å². The van der Waals surface area contributed by atoms with Crippen molar-refractivity contribution >= 4 is 33.6 Å². The van der Waals surface area contributed by atoms with E-state index in [1.54, 1.807) is 0 Å². The number of aromatic nitrogens is 2. The summed E-state index contributed by atoms with van der Waals surface area (Å²) in [5.41, 5.74) is 6.39. The van der Waals surface area contributed by atoms with Gasteiger partial charge in [-0.2, -0.15) is 0 Å². The molecule has 2 amide bonds. The van der Waals surface area contributed by atoms with Gasteiger partial charge in [-0.3, -0.25) is 19.6 Å². The van der Waals surface area contributed by atoms with Crippen LogP contribution < -0.4 is 10.6 Å². The van der Waals surface area contributed by atoms with Crippen LogP contribution in [0.25, 0.3) is 21.8 Å². The largest absolute Gasteiger partial charge is 0.347 e. The van der Waals surface area contributed by atoms with Gasteiger partial charge in [0.25, 0.3) is 11.8 Å². The fourth-order valence-corrected chi connectivity index (χ4v) is 4.25. The first kappa shape index (κ1) is 36.2. The molecular formula is C36H52N4O2. The van der Waals surface area contributed by atoms with Crippen molar-refractivity contribution in [3.8, 4) is 0 Å². The van der Waals surface area contributed by atoms with Crippen LogP contribution in [-0.2, 0) is 0 Å². The van der Waals surface area contributed by atoms with Crippen LogP contribution in [0.4, 0.5) is 0 Å². The fraction of sp³-hybridized carbons (Fsp3) is 0.444. The number of pyridine rings is 2. The number of carbonyl (C=O) groups is 2. The van der Waals surface area contributed by atoms with Crippen molar-refractivity contribution in [3.63, 3.8) is 0 Å². The summed E-state index contributed by atoms with van der Waals surface area (Å²) >= 11 is 0. The summed E-state index contributed by atoms with van der Waals surface area (Å²) in [4.78, 5) is 34.1. The normalized spacial score (nSPS) is 10.8. The molecule has 0 saturated heterocycles. The van der Waals surface area contributed by atoms with Gasteiger partial charge in [-0.05, 0) is 92.5 Å². The van der Waals surface area contributed by atoms with E-state index in [9.17, 15) is 9.59 Å². The molecule has 2 aromatic carbocycles. The van der Waals surface area contributed by atoms with Crippen molar-refractivity contribution in [2.24, 2.45) is 0 Å². The summed E-state index contributed by atoms with van der Waals surface area (Å²) in [5.74, 6) is -0.0709. The quantitative estimate of drug-likeness (QED) is 0.251. The molecule has 0 radical (unpaired) electrons. The molecule has 42 heavy (non-hydrogen) atoms. The Kier molecular flexibility index (Phi) is 13.3. The molecule has 6 nitrogen and oxygen atoms in total. The minimum absolute atomic E-state index is 0.0355. The van der Waals surface area contributed by atoms with Crippen LogP contribution in [0.5, 0.6) is 0 Å². The smallest absolute Gasteiger partial charge is 0.252 e. The van der Waals surface area contributed by atoms with E-state index in [-0.39, 0.29) is 22.9 Å². The van der Waals surface area contributed by atoms with Gasteiger partial charge in [-0.1, -0.05) is 64.1 Å². The molecule has 4 rings (SSSR count). The maximum absolute atomic E-state index is 12.5. The second-order valence-electron chi connectivity index (χ2n) is 11.8. The molecule has 4 aromatic rings. The van der Waals surface area contributed by atoms with E-state index in [0.717, 1.165) is 55.4 Å². The minimum Gasteiger partial charge on any atom is -0.347 e. The fourth-order valence-electron chi connectivity index (χ4n) is 4.25. The molecule has 6 heteroatoms. The van der Waals surface area contributed by atoms with Crippen molar-refractivity contribution in [1.29, 1.82) is 0 Å². The summed E-state index contributed by atoms with van der Waals surface area (Å²) in [7, 11) is 0. The molecule has 0 atom stereocenters. The number of nitrogens with zero attached hydrogens (tertiary/aromatic N) is 2. The Bertz CT molecular complexity index is 1390. The molecule has 2 heterocycles. The number of fused-ring (bicyclic) bond motifs is 2. The number of nitrogens with one attached hydrogen (secondary N) is 2. The highest BCUT2D eigenvalue weighted by Gasteiger charge is 2.21. The van der Waals surface area contributed by atoms with E-state index < -0.39 is 0 Å². The number of hydrogen-bond acceptors (Lipinski definition) is 4. The first-order valence-electron chi connectivity index (χ1n) is 15.0. The molecular weight excluding hydrogens is 520 g/mol. The second kappa shape index (κ2) is 15.4. The highest BCUT2D eigenvalue weighted by atomic mass is 16.2. The third kappa shape index (κ3) is 9.64. The monoisotopic (exact) mass is 572 g/mol. The maximum Gasteiger partial charge on any atom is 0.252 e. The van der Waals surface area contributed by atoms with Crippen LogP contribution >= 0.6 is 0 Å². The lowest BCUT2D eigenvalue weighted by atomic mass is 9.99. The molecule has 0 unspecified atom stereocenters. The van der Waals surface area contributed by atoms with E-state index in [1.807, 2.05) is 145 Å². The molecule has 0 aliphatic carbocycles. The topological polar surface area (TPSA) is 84.0 Å². The van der Waals surface area contributed by atoms with E-state index >= 15 is 0 Å². The SMILES string of the molecule is CC.CC.Cc1nc2ccccc2c(C(=O)NC(C)(C)C)c1C.Cc1nc2ccccc2c(C(=O)NC(C)(C)C)c1C. The van der Waals surface area contributed by atoms with Crippen LogP contribution in [0.15, 0.2) is 48.5 Å². The van der Waals surface area contributed by atoms with Crippen molar-refractivity contribution in [1.82, 2.24) is 20.6 Å². The minimum atomic E-state index is -0.248. The highest BCUT2D eigenvalue weighted by molar-refractivity contribution is 6.08. The summed E-state index contributed by atoms with van der Waals surface area (Å²) in [6.07, 6.45) is 0.